The van der Waals surface area contributed by atoms with E-state index in [1.54, 1.807) is 7.11 Å². The minimum absolute atomic E-state index is 0.141. The summed E-state index contributed by atoms with van der Waals surface area (Å²) in [6.45, 7) is 6.05. The molecular weight excluding hydrogens is 334 g/mol. The number of urea groups is 1. The Bertz CT molecular complexity index is 554. The summed E-state index contributed by atoms with van der Waals surface area (Å²) < 4.78 is 16.2. The molecule has 0 aliphatic carbocycles. The van der Waals surface area contributed by atoms with Crippen LogP contribution < -0.4 is 15.4 Å². The predicted octanol–water partition coefficient (Wildman–Crippen LogP) is 1.23. The van der Waals surface area contributed by atoms with Crippen molar-refractivity contribution in [1.29, 1.82) is 0 Å². The van der Waals surface area contributed by atoms with E-state index in [2.05, 4.69) is 15.5 Å². The molecule has 3 rings (SSSR count). The van der Waals surface area contributed by atoms with Crippen LogP contribution in [0.4, 0.5) is 4.79 Å². The first kappa shape index (κ1) is 18.9. The second-order valence-electron chi connectivity index (χ2n) is 6.75. The van der Waals surface area contributed by atoms with Crippen molar-refractivity contribution in [3.8, 4) is 5.75 Å². The number of ether oxygens (including phenoxy) is 3. The lowest BCUT2D eigenvalue weighted by Gasteiger charge is -2.37. The van der Waals surface area contributed by atoms with Crippen molar-refractivity contribution in [2.45, 2.75) is 19.0 Å². The third-order valence-electron chi connectivity index (χ3n) is 5.11. The SMILES string of the molecule is COc1ccc(CNC(=O)NCC(C2CCOC2)N2CCOCC2)cc1. The van der Waals surface area contributed by atoms with E-state index in [9.17, 15) is 4.79 Å². The first-order valence-electron chi connectivity index (χ1n) is 9.30. The van der Waals surface area contributed by atoms with Gasteiger partial charge < -0.3 is 24.8 Å². The zero-order valence-corrected chi connectivity index (χ0v) is 15.4. The molecule has 144 valence electrons. The van der Waals surface area contributed by atoms with Crippen LogP contribution in [-0.4, -0.2) is 70.1 Å². The summed E-state index contributed by atoms with van der Waals surface area (Å²) in [4.78, 5) is 14.6. The monoisotopic (exact) mass is 363 g/mol. The van der Waals surface area contributed by atoms with Crippen molar-refractivity contribution in [1.82, 2.24) is 15.5 Å². The maximum Gasteiger partial charge on any atom is 0.315 e. The smallest absolute Gasteiger partial charge is 0.315 e. The summed E-state index contributed by atoms with van der Waals surface area (Å²) in [5.74, 6) is 1.28. The van der Waals surface area contributed by atoms with Crippen LogP contribution in [0.5, 0.6) is 5.75 Å². The standard InChI is InChI=1S/C19H29N3O4/c1-24-17-4-2-15(3-5-17)12-20-19(23)21-13-18(16-6-9-26-14-16)22-7-10-25-11-8-22/h2-5,16,18H,6-14H2,1H3,(H2,20,21,23). The van der Waals surface area contributed by atoms with E-state index < -0.39 is 0 Å². The summed E-state index contributed by atoms with van der Waals surface area (Å²) in [5, 5.41) is 5.96. The van der Waals surface area contributed by atoms with Gasteiger partial charge >= 0.3 is 6.03 Å². The van der Waals surface area contributed by atoms with Crippen LogP contribution in [0.15, 0.2) is 24.3 Å². The summed E-state index contributed by atoms with van der Waals surface area (Å²) in [6, 6.07) is 7.84. The van der Waals surface area contributed by atoms with Gasteiger partial charge in [-0.15, -0.1) is 0 Å². The number of hydrogen-bond acceptors (Lipinski definition) is 5. The Hall–Kier alpha value is -1.83. The zero-order chi connectivity index (χ0) is 18.2. The minimum Gasteiger partial charge on any atom is -0.497 e. The van der Waals surface area contributed by atoms with Crippen LogP contribution in [-0.2, 0) is 16.0 Å². The van der Waals surface area contributed by atoms with Gasteiger partial charge in [0.25, 0.3) is 0 Å². The molecular formula is C19H29N3O4. The van der Waals surface area contributed by atoms with Crippen molar-refractivity contribution >= 4 is 6.03 Å². The van der Waals surface area contributed by atoms with Gasteiger partial charge in [-0.2, -0.15) is 0 Å². The molecule has 2 aliphatic rings. The first-order valence-corrected chi connectivity index (χ1v) is 9.30. The quantitative estimate of drug-likeness (QED) is 0.762. The highest BCUT2D eigenvalue weighted by Crippen LogP contribution is 2.21. The van der Waals surface area contributed by atoms with Gasteiger partial charge in [0.1, 0.15) is 5.75 Å². The van der Waals surface area contributed by atoms with Gasteiger partial charge in [0.05, 0.1) is 26.9 Å². The van der Waals surface area contributed by atoms with Crippen LogP contribution in [0, 0.1) is 5.92 Å². The molecule has 0 saturated carbocycles. The maximum absolute atomic E-state index is 12.2. The van der Waals surface area contributed by atoms with Crippen molar-refractivity contribution in [3.63, 3.8) is 0 Å². The highest BCUT2D eigenvalue weighted by atomic mass is 16.5. The average Bonchev–Trinajstić information content (AvgIpc) is 3.22. The molecule has 2 aliphatic heterocycles. The number of rotatable bonds is 7. The van der Waals surface area contributed by atoms with E-state index in [-0.39, 0.29) is 6.03 Å². The summed E-state index contributed by atoms with van der Waals surface area (Å²) in [5.41, 5.74) is 1.04. The van der Waals surface area contributed by atoms with E-state index in [4.69, 9.17) is 14.2 Å². The van der Waals surface area contributed by atoms with Gasteiger partial charge in [0, 0.05) is 44.7 Å². The summed E-state index contributed by atoms with van der Waals surface area (Å²) in [7, 11) is 1.64. The largest absolute Gasteiger partial charge is 0.497 e. The third-order valence-corrected chi connectivity index (χ3v) is 5.11. The summed E-state index contributed by atoms with van der Waals surface area (Å²) >= 11 is 0. The number of carbonyl (C=O) groups is 1. The highest BCUT2D eigenvalue weighted by molar-refractivity contribution is 5.73. The van der Waals surface area contributed by atoms with E-state index in [0.717, 1.165) is 57.3 Å². The predicted molar refractivity (Wildman–Crippen MR) is 98.3 cm³/mol. The first-order chi connectivity index (χ1) is 12.8. The normalized spacial score (nSPS) is 22.0. The molecule has 2 unspecified atom stereocenters. The fourth-order valence-corrected chi connectivity index (χ4v) is 3.54. The van der Waals surface area contributed by atoms with Gasteiger partial charge in [-0.05, 0) is 24.1 Å². The van der Waals surface area contributed by atoms with Crippen LogP contribution in [0.25, 0.3) is 0 Å². The van der Waals surface area contributed by atoms with Crippen LogP contribution >= 0.6 is 0 Å². The Labute approximate surface area is 155 Å². The molecule has 2 N–H and O–H groups in total. The Morgan fingerprint density at radius 3 is 2.62 bits per heavy atom. The molecule has 7 heteroatoms. The molecule has 2 amide bonds. The number of carbonyl (C=O) groups excluding carboxylic acids is 1. The molecule has 0 bridgehead atoms. The number of methoxy groups -OCH3 is 1. The average molecular weight is 363 g/mol. The van der Waals surface area contributed by atoms with Gasteiger partial charge in [0.2, 0.25) is 0 Å². The van der Waals surface area contributed by atoms with Crippen molar-refractivity contribution in [2.75, 3.05) is 53.2 Å². The molecule has 2 atom stereocenters. The highest BCUT2D eigenvalue weighted by Gasteiger charge is 2.31. The number of hydrogen-bond donors (Lipinski definition) is 2. The van der Waals surface area contributed by atoms with Crippen LogP contribution in [0.1, 0.15) is 12.0 Å². The van der Waals surface area contributed by atoms with E-state index in [1.807, 2.05) is 24.3 Å². The molecule has 2 heterocycles. The molecule has 0 aromatic heterocycles. The Morgan fingerprint density at radius 1 is 1.19 bits per heavy atom. The minimum atomic E-state index is -0.141. The molecule has 2 saturated heterocycles. The van der Waals surface area contributed by atoms with Gasteiger partial charge in [-0.1, -0.05) is 12.1 Å². The van der Waals surface area contributed by atoms with Crippen LogP contribution in [0.3, 0.4) is 0 Å². The van der Waals surface area contributed by atoms with Crippen molar-refractivity contribution in [3.05, 3.63) is 29.8 Å². The number of morpholine rings is 1. The topological polar surface area (TPSA) is 72.1 Å². The molecule has 1 aromatic rings. The molecule has 7 nitrogen and oxygen atoms in total. The number of benzene rings is 1. The fraction of sp³-hybridized carbons (Fsp3) is 0.632. The second-order valence-corrected chi connectivity index (χ2v) is 6.75. The molecule has 1 aromatic carbocycles. The summed E-state index contributed by atoms with van der Waals surface area (Å²) in [6.07, 6.45) is 1.05. The molecule has 26 heavy (non-hydrogen) atoms. The lowest BCUT2D eigenvalue weighted by Crippen LogP contribution is -2.53. The lowest BCUT2D eigenvalue weighted by molar-refractivity contribution is 0.00212. The third kappa shape index (κ3) is 5.33. The van der Waals surface area contributed by atoms with Gasteiger partial charge in [0.15, 0.2) is 0 Å². The van der Waals surface area contributed by atoms with Crippen molar-refractivity contribution in [2.24, 2.45) is 5.92 Å². The number of amides is 2. The van der Waals surface area contributed by atoms with E-state index in [0.29, 0.717) is 25.0 Å². The zero-order valence-electron chi connectivity index (χ0n) is 15.4. The second kappa shape index (κ2) is 9.75. The Morgan fingerprint density at radius 2 is 1.96 bits per heavy atom. The van der Waals surface area contributed by atoms with Crippen LogP contribution in [0.2, 0.25) is 0 Å². The van der Waals surface area contributed by atoms with Gasteiger partial charge in [-0.25, -0.2) is 4.79 Å². The maximum atomic E-state index is 12.2. The molecule has 2 fully saturated rings. The Kier molecular flexibility index (Phi) is 7.11. The Balaban J connectivity index is 1.46. The van der Waals surface area contributed by atoms with E-state index >= 15 is 0 Å². The fourth-order valence-electron chi connectivity index (χ4n) is 3.54. The van der Waals surface area contributed by atoms with Gasteiger partial charge in [-0.3, -0.25) is 4.90 Å². The van der Waals surface area contributed by atoms with E-state index in [1.165, 1.54) is 0 Å². The molecule has 0 radical (unpaired) electrons. The number of nitrogens with one attached hydrogen (secondary N) is 2. The lowest BCUT2D eigenvalue weighted by atomic mass is 9.97. The van der Waals surface area contributed by atoms with Crippen molar-refractivity contribution < 1.29 is 19.0 Å². The number of nitrogens with zero attached hydrogens (tertiary/aromatic N) is 1. The molecule has 0 spiro atoms.